The number of hydrogen-bond donors (Lipinski definition) is 1. The van der Waals surface area contributed by atoms with Gasteiger partial charge in [0.15, 0.2) is 0 Å². The van der Waals surface area contributed by atoms with Crippen LogP contribution in [0.3, 0.4) is 0 Å². The van der Waals surface area contributed by atoms with E-state index in [-0.39, 0.29) is 12.1 Å². The Bertz CT molecular complexity index is 582. The zero-order valence-electron chi connectivity index (χ0n) is 11.4. The first-order chi connectivity index (χ1) is 10.0. The number of nitrogens with one attached hydrogen (secondary N) is 1. The second-order valence-corrected chi connectivity index (χ2v) is 4.33. The molecule has 0 atom stereocenters. The van der Waals surface area contributed by atoms with E-state index >= 15 is 0 Å². The van der Waals surface area contributed by atoms with E-state index in [2.05, 4.69) is 10.3 Å². The number of rotatable bonds is 5. The molecule has 0 aliphatic rings. The first-order valence-electron chi connectivity index (χ1n) is 6.48. The van der Waals surface area contributed by atoms with Crippen molar-refractivity contribution in [3.8, 4) is 5.88 Å². The number of nitrogens with zero attached hydrogens (tertiary/aromatic N) is 1. The molecule has 0 spiro atoms. The van der Waals surface area contributed by atoms with Crippen molar-refractivity contribution in [1.82, 2.24) is 4.98 Å². The molecule has 0 unspecified atom stereocenters. The predicted molar refractivity (Wildman–Crippen MR) is 74.2 cm³/mol. The molecule has 0 radical (unpaired) electrons. The SMILES string of the molecule is CCOc1ccc(NCc2ccccc2C(F)(F)F)cn1. The first-order valence-corrected chi connectivity index (χ1v) is 6.48. The summed E-state index contributed by atoms with van der Waals surface area (Å²) in [6.07, 6.45) is -2.82. The number of pyridine rings is 1. The topological polar surface area (TPSA) is 34.1 Å². The van der Waals surface area contributed by atoms with Crippen LogP contribution in [0, 0.1) is 0 Å². The molecule has 0 aliphatic carbocycles. The third kappa shape index (κ3) is 4.11. The van der Waals surface area contributed by atoms with E-state index in [4.69, 9.17) is 4.74 Å². The molecule has 3 nitrogen and oxygen atoms in total. The number of anilines is 1. The zero-order valence-corrected chi connectivity index (χ0v) is 11.4. The Balaban J connectivity index is 2.06. The molecule has 112 valence electrons. The Kier molecular flexibility index (Phi) is 4.67. The van der Waals surface area contributed by atoms with Crippen LogP contribution in [-0.2, 0) is 12.7 Å². The average molecular weight is 296 g/mol. The van der Waals surface area contributed by atoms with Crippen molar-refractivity contribution >= 4 is 5.69 Å². The van der Waals surface area contributed by atoms with Crippen LogP contribution < -0.4 is 10.1 Å². The van der Waals surface area contributed by atoms with Crippen LogP contribution in [-0.4, -0.2) is 11.6 Å². The highest BCUT2D eigenvalue weighted by molar-refractivity contribution is 5.43. The summed E-state index contributed by atoms with van der Waals surface area (Å²) in [6.45, 7) is 2.44. The lowest BCUT2D eigenvalue weighted by atomic mass is 10.1. The molecule has 1 heterocycles. The molecule has 0 fully saturated rings. The van der Waals surface area contributed by atoms with Gasteiger partial charge >= 0.3 is 6.18 Å². The van der Waals surface area contributed by atoms with Gasteiger partial charge in [-0.25, -0.2) is 4.98 Å². The standard InChI is InChI=1S/C15H15F3N2O/c1-2-21-14-8-7-12(10-20-14)19-9-11-5-3-4-6-13(11)15(16,17)18/h3-8,10,19H,2,9H2,1H3. The van der Waals surface area contributed by atoms with Crippen LogP contribution in [0.25, 0.3) is 0 Å². The summed E-state index contributed by atoms with van der Waals surface area (Å²) in [5.41, 5.74) is 0.200. The van der Waals surface area contributed by atoms with Crippen molar-refractivity contribution < 1.29 is 17.9 Å². The van der Waals surface area contributed by atoms with Gasteiger partial charge < -0.3 is 10.1 Å². The van der Waals surface area contributed by atoms with Gasteiger partial charge in [0.25, 0.3) is 0 Å². The minimum atomic E-state index is -4.35. The highest BCUT2D eigenvalue weighted by Gasteiger charge is 2.32. The first kappa shape index (κ1) is 15.2. The van der Waals surface area contributed by atoms with Gasteiger partial charge in [-0.15, -0.1) is 0 Å². The summed E-state index contributed by atoms with van der Waals surface area (Å²) in [5, 5.41) is 2.92. The van der Waals surface area contributed by atoms with Crippen molar-refractivity contribution in [2.75, 3.05) is 11.9 Å². The van der Waals surface area contributed by atoms with Gasteiger partial charge in [-0.2, -0.15) is 13.2 Å². The van der Waals surface area contributed by atoms with Gasteiger partial charge in [0, 0.05) is 12.6 Å². The van der Waals surface area contributed by atoms with E-state index in [1.54, 1.807) is 18.2 Å². The molecule has 0 aliphatic heterocycles. The van der Waals surface area contributed by atoms with Gasteiger partial charge in [-0.3, -0.25) is 0 Å². The third-order valence-corrected chi connectivity index (χ3v) is 2.83. The summed E-state index contributed by atoms with van der Waals surface area (Å²) in [5.74, 6) is 0.485. The van der Waals surface area contributed by atoms with Crippen molar-refractivity contribution in [1.29, 1.82) is 0 Å². The van der Waals surface area contributed by atoms with Crippen molar-refractivity contribution in [3.63, 3.8) is 0 Å². The van der Waals surface area contributed by atoms with Crippen LogP contribution in [0.15, 0.2) is 42.6 Å². The van der Waals surface area contributed by atoms with Crippen LogP contribution >= 0.6 is 0 Å². The fraction of sp³-hybridized carbons (Fsp3) is 0.267. The minimum Gasteiger partial charge on any atom is -0.478 e. The second kappa shape index (κ2) is 6.47. The van der Waals surface area contributed by atoms with E-state index in [1.807, 2.05) is 6.92 Å². The van der Waals surface area contributed by atoms with Gasteiger partial charge in [-0.05, 0) is 24.6 Å². The second-order valence-electron chi connectivity index (χ2n) is 4.33. The van der Waals surface area contributed by atoms with Crippen LogP contribution in [0.5, 0.6) is 5.88 Å². The molecule has 0 bridgehead atoms. The van der Waals surface area contributed by atoms with Crippen LogP contribution in [0.4, 0.5) is 18.9 Å². The van der Waals surface area contributed by atoms with E-state index in [0.717, 1.165) is 6.07 Å². The molecule has 1 aromatic heterocycles. The molecule has 2 rings (SSSR count). The number of hydrogen-bond acceptors (Lipinski definition) is 3. The van der Waals surface area contributed by atoms with E-state index in [1.165, 1.54) is 18.3 Å². The molecule has 21 heavy (non-hydrogen) atoms. The summed E-state index contributed by atoms with van der Waals surface area (Å²) in [6, 6.07) is 8.88. The molecule has 0 saturated heterocycles. The van der Waals surface area contributed by atoms with E-state index in [0.29, 0.717) is 18.2 Å². The zero-order chi connectivity index (χ0) is 15.3. The lowest BCUT2D eigenvalue weighted by molar-refractivity contribution is -0.138. The normalized spacial score (nSPS) is 11.2. The highest BCUT2D eigenvalue weighted by Crippen LogP contribution is 2.32. The maximum absolute atomic E-state index is 12.9. The van der Waals surface area contributed by atoms with E-state index in [9.17, 15) is 13.2 Å². The number of aromatic nitrogens is 1. The molecule has 1 aromatic carbocycles. The molecule has 0 amide bonds. The Morgan fingerprint density at radius 1 is 1.14 bits per heavy atom. The molecular formula is C15H15F3N2O. The highest BCUT2D eigenvalue weighted by atomic mass is 19.4. The summed E-state index contributed by atoms with van der Waals surface area (Å²) >= 11 is 0. The van der Waals surface area contributed by atoms with Crippen molar-refractivity contribution in [2.45, 2.75) is 19.6 Å². The summed E-state index contributed by atoms with van der Waals surface area (Å²) in [4.78, 5) is 4.04. The Morgan fingerprint density at radius 3 is 2.52 bits per heavy atom. The Morgan fingerprint density at radius 2 is 1.90 bits per heavy atom. The van der Waals surface area contributed by atoms with Crippen molar-refractivity contribution in [2.24, 2.45) is 0 Å². The van der Waals surface area contributed by atoms with Crippen LogP contribution in [0.1, 0.15) is 18.1 Å². The summed E-state index contributed by atoms with van der Waals surface area (Å²) < 4.78 is 43.8. The molecular weight excluding hydrogens is 281 g/mol. The van der Waals surface area contributed by atoms with Crippen LogP contribution in [0.2, 0.25) is 0 Å². The Hall–Kier alpha value is -2.24. The third-order valence-electron chi connectivity index (χ3n) is 2.83. The quantitative estimate of drug-likeness (QED) is 0.901. The van der Waals surface area contributed by atoms with E-state index < -0.39 is 11.7 Å². The minimum absolute atomic E-state index is 0.0747. The van der Waals surface area contributed by atoms with Gasteiger partial charge in [0.1, 0.15) is 0 Å². The fourth-order valence-corrected chi connectivity index (χ4v) is 1.87. The van der Waals surface area contributed by atoms with Gasteiger partial charge in [-0.1, -0.05) is 18.2 Å². The molecule has 2 aromatic rings. The Labute approximate surface area is 120 Å². The number of ether oxygens (including phenoxy) is 1. The largest absolute Gasteiger partial charge is 0.478 e. The molecule has 6 heteroatoms. The van der Waals surface area contributed by atoms with Gasteiger partial charge in [0.2, 0.25) is 5.88 Å². The molecule has 0 saturated carbocycles. The number of alkyl halides is 3. The maximum atomic E-state index is 12.9. The fourth-order valence-electron chi connectivity index (χ4n) is 1.87. The van der Waals surface area contributed by atoms with Crippen molar-refractivity contribution in [3.05, 3.63) is 53.7 Å². The number of benzene rings is 1. The monoisotopic (exact) mass is 296 g/mol. The summed E-state index contributed by atoms with van der Waals surface area (Å²) in [7, 11) is 0. The smallest absolute Gasteiger partial charge is 0.416 e. The average Bonchev–Trinajstić information content (AvgIpc) is 2.46. The predicted octanol–water partition coefficient (Wildman–Crippen LogP) is 4.11. The molecule has 1 N–H and O–H groups in total. The number of halogens is 3. The lowest BCUT2D eigenvalue weighted by Gasteiger charge is -2.13. The lowest BCUT2D eigenvalue weighted by Crippen LogP contribution is -2.11. The van der Waals surface area contributed by atoms with Gasteiger partial charge in [0.05, 0.1) is 24.1 Å². The maximum Gasteiger partial charge on any atom is 0.416 e.